The summed E-state index contributed by atoms with van der Waals surface area (Å²) in [5.74, 6) is -1.12. The number of aliphatic hydroxyl groups excluding tert-OH is 2. The van der Waals surface area contributed by atoms with E-state index in [-0.39, 0.29) is 63.0 Å². The predicted octanol–water partition coefficient (Wildman–Crippen LogP) is 0.774. The Morgan fingerprint density at radius 1 is 0.724 bits per heavy atom. The molecule has 4 unspecified atom stereocenters. The lowest BCUT2D eigenvalue weighted by Crippen LogP contribution is -2.30. The first kappa shape index (κ1) is 27.2. The largest absolute Gasteiger partial charge is 0.460 e. The van der Waals surface area contributed by atoms with Crippen LogP contribution in [0.15, 0.2) is 24.3 Å². The van der Waals surface area contributed by atoms with Gasteiger partial charge in [0.2, 0.25) is 0 Å². The monoisotopic (exact) mass is 418 g/mol. The number of carbonyl (C=O) groups excluding carboxylic acids is 2. The molecule has 4 atom stereocenters. The molecule has 0 radical (unpaired) electrons. The van der Waals surface area contributed by atoms with E-state index in [4.69, 9.17) is 23.7 Å². The van der Waals surface area contributed by atoms with E-state index in [2.05, 4.69) is 13.2 Å². The highest BCUT2D eigenvalue weighted by Crippen LogP contribution is 2.01. The molecular formula is C20H34O9. The molecule has 0 saturated heterocycles. The van der Waals surface area contributed by atoms with Gasteiger partial charge in [-0.25, -0.2) is 9.59 Å². The molecule has 0 heterocycles. The molecule has 0 bridgehead atoms. The zero-order valence-electron chi connectivity index (χ0n) is 17.7. The second kappa shape index (κ2) is 15.1. The van der Waals surface area contributed by atoms with Gasteiger partial charge in [-0.05, 0) is 27.7 Å². The number of hydrogen-bond donors (Lipinski definition) is 2. The smallest absolute Gasteiger partial charge is 0.333 e. The zero-order valence-corrected chi connectivity index (χ0v) is 17.7. The predicted molar refractivity (Wildman–Crippen MR) is 105 cm³/mol. The molecule has 2 N–H and O–H groups in total. The SMILES string of the molecule is C=C(C)C(=O)OCC(O)COC(C)COCC(C)OCC(O)COC(=O)C(=C)C. The molecule has 0 spiro atoms. The molecule has 0 amide bonds. The van der Waals surface area contributed by atoms with Crippen molar-refractivity contribution < 1.29 is 43.5 Å². The van der Waals surface area contributed by atoms with Crippen LogP contribution in [0.4, 0.5) is 0 Å². The van der Waals surface area contributed by atoms with Crippen LogP contribution in [0, 0.1) is 0 Å². The van der Waals surface area contributed by atoms with Crippen molar-refractivity contribution in [3.63, 3.8) is 0 Å². The number of ether oxygens (including phenoxy) is 5. The summed E-state index contributed by atoms with van der Waals surface area (Å²) in [5, 5.41) is 19.4. The second-order valence-corrected chi connectivity index (χ2v) is 6.89. The third kappa shape index (κ3) is 14.8. The van der Waals surface area contributed by atoms with Crippen molar-refractivity contribution in [2.24, 2.45) is 0 Å². The van der Waals surface area contributed by atoms with Crippen LogP contribution >= 0.6 is 0 Å². The summed E-state index contributed by atoms with van der Waals surface area (Å²) in [6, 6.07) is 0. The van der Waals surface area contributed by atoms with Crippen LogP contribution in [0.25, 0.3) is 0 Å². The van der Waals surface area contributed by atoms with Gasteiger partial charge in [-0.15, -0.1) is 0 Å². The average Bonchev–Trinajstić information content (AvgIpc) is 2.66. The normalized spacial score (nSPS) is 15.1. The Kier molecular flexibility index (Phi) is 14.2. The highest BCUT2D eigenvalue weighted by Gasteiger charge is 2.14. The molecule has 29 heavy (non-hydrogen) atoms. The maximum atomic E-state index is 11.2. The molecule has 0 fully saturated rings. The van der Waals surface area contributed by atoms with Gasteiger partial charge >= 0.3 is 11.9 Å². The van der Waals surface area contributed by atoms with Crippen molar-refractivity contribution in [2.45, 2.75) is 52.1 Å². The molecule has 9 heteroatoms. The fourth-order valence-corrected chi connectivity index (χ4v) is 1.73. The third-order valence-electron chi connectivity index (χ3n) is 3.36. The van der Waals surface area contributed by atoms with Gasteiger partial charge in [-0.3, -0.25) is 0 Å². The van der Waals surface area contributed by atoms with Gasteiger partial charge in [0.05, 0.1) is 38.6 Å². The van der Waals surface area contributed by atoms with Gasteiger partial charge in [0.15, 0.2) is 0 Å². The first-order valence-corrected chi connectivity index (χ1v) is 9.35. The first-order valence-electron chi connectivity index (χ1n) is 9.35. The van der Waals surface area contributed by atoms with Crippen molar-refractivity contribution in [1.29, 1.82) is 0 Å². The highest BCUT2D eigenvalue weighted by atomic mass is 16.6. The van der Waals surface area contributed by atoms with E-state index >= 15 is 0 Å². The average molecular weight is 418 g/mol. The van der Waals surface area contributed by atoms with Crippen LogP contribution in [0.1, 0.15) is 27.7 Å². The van der Waals surface area contributed by atoms with Gasteiger partial charge in [0.1, 0.15) is 25.4 Å². The Morgan fingerprint density at radius 2 is 1.07 bits per heavy atom. The maximum absolute atomic E-state index is 11.2. The summed E-state index contributed by atoms with van der Waals surface area (Å²) in [6.45, 7) is 13.7. The van der Waals surface area contributed by atoms with Crippen LogP contribution in [0.3, 0.4) is 0 Å². The lowest BCUT2D eigenvalue weighted by Gasteiger charge is -2.19. The Bertz CT molecular complexity index is 486. The summed E-state index contributed by atoms with van der Waals surface area (Å²) >= 11 is 0. The topological polar surface area (TPSA) is 121 Å². The van der Waals surface area contributed by atoms with Crippen LogP contribution in [-0.4, -0.2) is 86.2 Å². The van der Waals surface area contributed by atoms with Crippen molar-refractivity contribution in [3.8, 4) is 0 Å². The Morgan fingerprint density at radius 3 is 1.38 bits per heavy atom. The summed E-state index contributed by atoms with van der Waals surface area (Å²) in [4.78, 5) is 22.5. The minimum atomic E-state index is -0.941. The molecule has 0 aromatic rings. The second-order valence-electron chi connectivity index (χ2n) is 6.89. The summed E-state index contributed by atoms with van der Waals surface area (Å²) in [6.07, 6.45) is -2.46. The lowest BCUT2D eigenvalue weighted by molar-refractivity contribution is -0.144. The van der Waals surface area contributed by atoms with Gasteiger partial charge in [0, 0.05) is 11.1 Å². The standard InChI is InChI=1S/C20H34O9/c1-13(2)19(23)28-11-17(21)9-26-15(5)7-25-8-16(6)27-10-18(22)12-29-20(24)14(3)4/h15-18,21-22H,1,3,7-12H2,2,4-6H3. The minimum Gasteiger partial charge on any atom is -0.460 e. The van der Waals surface area contributed by atoms with E-state index in [9.17, 15) is 19.8 Å². The quantitative estimate of drug-likeness (QED) is 0.277. The lowest BCUT2D eigenvalue weighted by atomic mass is 10.3. The fraction of sp³-hybridized carbons (Fsp3) is 0.700. The van der Waals surface area contributed by atoms with Crippen LogP contribution in [0.5, 0.6) is 0 Å². The molecule has 0 aliphatic heterocycles. The molecule has 0 saturated carbocycles. The number of aliphatic hydroxyl groups is 2. The Hall–Kier alpha value is -1.78. The summed E-state index contributed by atoms with van der Waals surface area (Å²) in [5.41, 5.74) is 0.522. The third-order valence-corrected chi connectivity index (χ3v) is 3.36. The van der Waals surface area contributed by atoms with Crippen LogP contribution in [-0.2, 0) is 33.3 Å². The van der Waals surface area contributed by atoms with Crippen molar-refractivity contribution >= 4 is 11.9 Å². The van der Waals surface area contributed by atoms with E-state index in [1.165, 1.54) is 13.8 Å². The molecule has 0 aliphatic rings. The van der Waals surface area contributed by atoms with Gasteiger partial charge in [-0.2, -0.15) is 0 Å². The number of esters is 2. The van der Waals surface area contributed by atoms with Crippen molar-refractivity contribution in [2.75, 3.05) is 39.6 Å². The van der Waals surface area contributed by atoms with Crippen LogP contribution < -0.4 is 0 Å². The van der Waals surface area contributed by atoms with E-state index in [1.54, 1.807) is 13.8 Å². The van der Waals surface area contributed by atoms with Crippen molar-refractivity contribution in [1.82, 2.24) is 0 Å². The highest BCUT2D eigenvalue weighted by molar-refractivity contribution is 5.87. The van der Waals surface area contributed by atoms with E-state index in [1.807, 2.05) is 0 Å². The fourth-order valence-electron chi connectivity index (χ4n) is 1.73. The van der Waals surface area contributed by atoms with Gasteiger partial charge in [0.25, 0.3) is 0 Å². The van der Waals surface area contributed by atoms with Gasteiger partial charge in [-0.1, -0.05) is 13.2 Å². The molecule has 0 aromatic heterocycles. The number of rotatable bonds is 16. The van der Waals surface area contributed by atoms with E-state index < -0.39 is 24.1 Å². The molecule has 0 rings (SSSR count). The zero-order chi connectivity index (χ0) is 22.4. The molecule has 9 nitrogen and oxygen atoms in total. The van der Waals surface area contributed by atoms with Gasteiger partial charge < -0.3 is 33.9 Å². The molecule has 0 aromatic carbocycles. The van der Waals surface area contributed by atoms with Crippen LogP contribution in [0.2, 0.25) is 0 Å². The van der Waals surface area contributed by atoms with E-state index in [0.29, 0.717) is 0 Å². The summed E-state index contributed by atoms with van der Waals surface area (Å²) in [7, 11) is 0. The number of hydrogen-bond acceptors (Lipinski definition) is 9. The first-order chi connectivity index (χ1) is 13.5. The summed E-state index contributed by atoms with van der Waals surface area (Å²) < 4.78 is 26.0. The van der Waals surface area contributed by atoms with Crippen molar-refractivity contribution in [3.05, 3.63) is 24.3 Å². The molecule has 0 aliphatic carbocycles. The minimum absolute atomic E-state index is 0.00482. The Labute approximate surface area is 172 Å². The molecule has 168 valence electrons. The van der Waals surface area contributed by atoms with E-state index in [0.717, 1.165) is 0 Å². The number of carbonyl (C=O) groups is 2. The maximum Gasteiger partial charge on any atom is 0.333 e. The Balaban J connectivity index is 3.80. The molecular weight excluding hydrogens is 384 g/mol.